The van der Waals surface area contributed by atoms with Crippen LogP contribution in [0.5, 0.6) is 0 Å². The molecule has 0 atom stereocenters. The van der Waals surface area contributed by atoms with Gasteiger partial charge in [0.25, 0.3) is 11.8 Å². The van der Waals surface area contributed by atoms with Crippen molar-refractivity contribution in [3.05, 3.63) is 59.3 Å². The molecule has 0 bridgehead atoms. The van der Waals surface area contributed by atoms with Crippen molar-refractivity contribution in [3.8, 4) is 0 Å². The van der Waals surface area contributed by atoms with Crippen LogP contribution in [0.25, 0.3) is 5.57 Å². The van der Waals surface area contributed by atoms with E-state index in [2.05, 4.69) is 27.0 Å². The predicted molar refractivity (Wildman–Crippen MR) is 117 cm³/mol. The monoisotopic (exact) mass is 406 g/mol. The first kappa shape index (κ1) is 20.1. The van der Waals surface area contributed by atoms with Gasteiger partial charge in [-0.2, -0.15) is 0 Å². The summed E-state index contributed by atoms with van der Waals surface area (Å²) in [6.07, 6.45) is 2.99. The molecule has 1 saturated heterocycles. The van der Waals surface area contributed by atoms with Crippen LogP contribution in [0, 0.1) is 0 Å². The van der Waals surface area contributed by atoms with Gasteiger partial charge in [-0.1, -0.05) is 6.08 Å². The fraction of sp³-hybridized carbons (Fsp3) is 0.318. The number of primary amides is 1. The van der Waals surface area contributed by atoms with E-state index in [1.54, 1.807) is 18.2 Å². The molecule has 2 aliphatic heterocycles. The molecule has 30 heavy (non-hydrogen) atoms. The lowest BCUT2D eigenvalue weighted by molar-refractivity contribution is 0.0735. The highest BCUT2D eigenvalue weighted by atomic mass is 16.2. The van der Waals surface area contributed by atoms with Gasteiger partial charge in [0.2, 0.25) is 0 Å². The number of nitrogens with zero attached hydrogens (tertiary/aromatic N) is 2. The van der Waals surface area contributed by atoms with E-state index in [-0.39, 0.29) is 5.91 Å². The number of carbonyl (C=O) groups is 2. The van der Waals surface area contributed by atoms with Crippen LogP contribution < -0.4 is 21.7 Å². The van der Waals surface area contributed by atoms with Crippen LogP contribution in [0.1, 0.15) is 32.8 Å². The Morgan fingerprint density at radius 2 is 1.77 bits per heavy atom. The predicted octanol–water partition coefficient (Wildman–Crippen LogP) is 1.35. The van der Waals surface area contributed by atoms with E-state index in [1.807, 2.05) is 23.1 Å². The van der Waals surface area contributed by atoms with E-state index < -0.39 is 5.91 Å². The number of benzene rings is 1. The van der Waals surface area contributed by atoms with Crippen LogP contribution in [0.15, 0.2) is 42.5 Å². The normalized spacial score (nSPS) is 16.7. The van der Waals surface area contributed by atoms with E-state index in [1.165, 1.54) is 0 Å². The summed E-state index contributed by atoms with van der Waals surface area (Å²) >= 11 is 0. The van der Waals surface area contributed by atoms with Gasteiger partial charge in [-0.05, 0) is 54.9 Å². The molecule has 1 aromatic heterocycles. The molecular formula is C22H26N6O2. The van der Waals surface area contributed by atoms with Crippen LogP contribution in [0.2, 0.25) is 0 Å². The van der Waals surface area contributed by atoms with Crippen molar-refractivity contribution in [1.29, 1.82) is 0 Å². The van der Waals surface area contributed by atoms with E-state index in [0.717, 1.165) is 49.6 Å². The number of hydrogen-bond donors (Lipinski definition) is 4. The third kappa shape index (κ3) is 4.50. The number of pyridine rings is 1. The average molecular weight is 406 g/mol. The maximum Gasteiger partial charge on any atom is 0.253 e. The third-order valence-corrected chi connectivity index (χ3v) is 5.35. The van der Waals surface area contributed by atoms with Crippen molar-refractivity contribution in [1.82, 2.24) is 20.5 Å². The minimum absolute atomic E-state index is 0.0267. The zero-order chi connectivity index (χ0) is 20.9. The molecule has 0 saturated carbocycles. The summed E-state index contributed by atoms with van der Waals surface area (Å²) in [5, 5.41) is 9.71. The van der Waals surface area contributed by atoms with Crippen molar-refractivity contribution in [2.45, 2.75) is 6.42 Å². The second kappa shape index (κ2) is 9.06. The van der Waals surface area contributed by atoms with Crippen molar-refractivity contribution in [2.24, 2.45) is 5.73 Å². The number of piperazine rings is 1. The highest BCUT2D eigenvalue weighted by Crippen LogP contribution is 2.24. The van der Waals surface area contributed by atoms with E-state index in [9.17, 15) is 9.59 Å². The van der Waals surface area contributed by atoms with Gasteiger partial charge in [-0.3, -0.25) is 9.59 Å². The maximum atomic E-state index is 12.6. The number of rotatable bonds is 5. The van der Waals surface area contributed by atoms with Gasteiger partial charge in [0.05, 0.1) is 11.3 Å². The number of amides is 2. The summed E-state index contributed by atoms with van der Waals surface area (Å²) < 4.78 is 0. The molecule has 5 N–H and O–H groups in total. The molecule has 156 valence electrons. The molecule has 8 heteroatoms. The number of carbonyl (C=O) groups excluding carboxylic acids is 2. The molecule has 1 fully saturated rings. The molecule has 0 radical (unpaired) electrons. The molecule has 8 nitrogen and oxygen atoms in total. The van der Waals surface area contributed by atoms with Gasteiger partial charge in [0.15, 0.2) is 0 Å². The standard InChI is InChI=1S/C22H26N6O2/c23-20(29)18-5-6-19(15-7-9-24-10-8-15)27-21(18)26-17-3-1-16(2-4-17)22(30)28-13-11-25-12-14-28/h1-7,24-25H,8-14H2,(H2,23,29)(H,26,27). The van der Waals surface area contributed by atoms with Crippen molar-refractivity contribution in [2.75, 3.05) is 44.6 Å². The topological polar surface area (TPSA) is 112 Å². The highest BCUT2D eigenvalue weighted by molar-refractivity contribution is 5.99. The fourth-order valence-corrected chi connectivity index (χ4v) is 3.67. The molecule has 4 rings (SSSR count). The third-order valence-electron chi connectivity index (χ3n) is 5.35. The van der Waals surface area contributed by atoms with Gasteiger partial charge in [0, 0.05) is 44.0 Å². The Morgan fingerprint density at radius 3 is 2.43 bits per heavy atom. The zero-order valence-electron chi connectivity index (χ0n) is 16.8. The van der Waals surface area contributed by atoms with E-state index >= 15 is 0 Å². The minimum Gasteiger partial charge on any atom is -0.365 e. The Balaban J connectivity index is 1.54. The summed E-state index contributed by atoms with van der Waals surface area (Å²) in [6, 6.07) is 10.7. The maximum absolute atomic E-state index is 12.6. The Labute approximate surface area is 175 Å². The van der Waals surface area contributed by atoms with Crippen molar-refractivity contribution < 1.29 is 9.59 Å². The molecule has 1 aromatic carbocycles. The molecule has 2 amide bonds. The number of nitrogens with two attached hydrogens (primary N) is 1. The second-order valence-electron chi connectivity index (χ2n) is 7.38. The molecule has 0 spiro atoms. The Morgan fingerprint density at radius 1 is 1.00 bits per heavy atom. The summed E-state index contributed by atoms with van der Waals surface area (Å²) in [7, 11) is 0. The van der Waals surface area contributed by atoms with Crippen LogP contribution >= 0.6 is 0 Å². The lowest BCUT2D eigenvalue weighted by Crippen LogP contribution is -2.46. The fourth-order valence-electron chi connectivity index (χ4n) is 3.67. The van der Waals surface area contributed by atoms with Gasteiger partial charge >= 0.3 is 0 Å². The molecular weight excluding hydrogens is 380 g/mol. The number of nitrogens with one attached hydrogen (secondary N) is 3. The Hall–Kier alpha value is -3.23. The van der Waals surface area contributed by atoms with Gasteiger partial charge < -0.3 is 26.6 Å². The zero-order valence-corrected chi connectivity index (χ0v) is 16.8. The van der Waals surface area contributed by atoms with E-state index in [4.69, 9.17) is 5.73 Å². The summed E-state index contributed by atoms with van der Waals surface area (Å²) in [5.74, 6) is -0.0965. The average Bonchev–Trinajstić information content (AvgIpc) is 2.80. The summed E-state index contributed by atoms with van der Waals surface area (Å²) in [4.78, 5) is 31.0. The first-order valence-electron chi connectivity index (χ1n) is 10.2. The largest absolute Gasteiger partial charge is 0.365 e. The first-order chi connectivity index (χ1) is 14.6. The molecule has 2 aromatic rings. The number of hydrogen-bond acceptors (Lipinski definition) is 6. The Bertz CT molecular complexity index is 964. The summed E-state index contributed by atoms with van der Waals surface area (Å²) in [6.45, 7) is 4.76. The van der Waals surface area contributed by atoms with Crippen LogP contribution in [0.4, 0.5) is 11.5 Å². The van der Waals surface area contributed by atoms with Crippen LogP contribution in [0.3, 0.4) is 0 Å². The second-order valence-corrected chi connectivity index (χ2v) is 7.38. The van der Waals surface area contributed by atoms with Gasteiger partial charge in [-0.25, -0.2) is 4.98 Å². The SMILES string of the molecule is NC(=O)c1ccc(C2=CCNCC2)nc1Nc1ccc(C(=O)N2CCNCC2)cc1. The number of anilines is 2. The lowest BCUT2D eigenvalue weighted by atomic mass is 10.0. The van der Waals surface area contributed by atoms with Crippen molar-refractivity contribution >= 4 is 28.9 Å². The molecule has 3 heterocycles. The van der Waals surface area contributed by atoms with E-state index in [0.29, 0.717) is 30.0 Å². The lowest BCUT2D eigenvalue weighted by Gasteiger charge is -2.27. The Kier molecular flexibility index (Phi) is 6.06. The highest BCUT2D eigenvalue weighted by Gasteiger charge is 2.18. The molecule has 0 aliphatic carbocycles. The number of aromatic nitrogens is 1. The summed E-state index contributed by atoms with van der Waals surface area (Å²) in [5.41, 5.74) is 9.22. The molecule has 0 unspecified atom stereocenters. The smallest absolute Gasteiger partial charge is 0.253 e. The van der Waals surface area contributed by atoms with Gasteiger partial charge in [-0.15, -0.1) is 0 Å². The molecule has 2 aliphatic rings. The van der Waals surface area contributed by atoms with Gasteiger partial charge in [0.1, 0.15) is 5.82 Å². The quantitative estimate of drug-likeness (QED) is 0.596. The van der Waals surface area contributed by atoms with Crippen LogP contribution in [-0.2, 0) is 0 Å². The van der Waals surface area contributed by atoms with Crippen molar-refractivity contribution in [3.63, 3.8) is 0 Å². The van der Waals surface area contributed by atoms with Crippen LogP contribution in [-0.4, -0.2) is 61.0 Å². The first-order valence-corrected chi connectivity index (χ1v) is 10.2. The minimum atomic E-state index is -0.540.